The van der Waals surface area contributed by atoms with Crippen LogP contribution in [0.15, 0.2) is 4.34 Å². The van der Waals surface area contributed by atoms with Crippen LogP contribution >= 0.6 is 23.1 Å². The number of aromatic nitrogens is 2. The van der Waals surface area contributed by atoms with Gasteiger partial charge in [-0.05, 0) is 39.5 Å². The monoisotopic (exact) mass is 370 g/mol. The van der Waals surface area contributed by atoms with Crippen molar-refractivity contribution in [1.82, 2.24) is 15.1 Å². The Morgan fingerprint density at radius 1 is 1.29 bits per heavy atom. The van der Waals surface area contributed by atoms with Gasteiger partial charge in [0.25, 0.3) is 0 Å². The van der Waals surface area contributed by atoms with Crippen LogP contribution in [0.5, 0.6) is 0 Å². The molecule has 1 aliphatic heterocycles. The molecular formula is C16H26N4O2S2. The predicted octanol–water partition coefficient (Wildman–Crippen LogP) is 3.55. The van der Waals surface area contributed by atoms with Gasteiger partial charge in [-0.1, -0.05) is 36.4 Å². The van der Waals surface area contributed by atoms with Crippen LogP contribution in [0.3, 0.4) is 0 Å². The average molecular weight is 371 g/mol. The number of thioether (sulfide) groups is 1. The smallest absolute Gasteiger partial charge is 0.233 e. The molecule has 0 saturated carbocycles. The maximum absolute atomic E-state index is 12.5. The number of piperidine rings is 1. The molecule has 0 bridgehead atoms. The van der Waals surface area contributed by atoms with Crippen molar-refractivity contribution in [2.45, 2.75) is 75.7 Å². The van der Waals surface area contributed by atoms with Crippen molar-refractivity contribution in [2.75, 3.05) is 11.1 Å². The number of nitrogens with zero attached hydrogens (tertiary/aromatic N) is 3. The zero-order valence-electron chi connectivity index (χ0n) is 14.6. The van der Waals surface area contributed by atoms with E-state index in [0.717, 1.165) is 25.7 Å². The Bertz CT molecular complexity index is 554. The second-order valence-corrected chi connectivity index (χ2v) is 8.44. The second-order valence-electron chi connectivity index (χ2n) is 6.24. The van der Waals surface area contributed by atoms with Crippen LogP contribution in [0.25, 0.3) is 0 Å². The number of carbonyl (C=O) groups excluding carboxylic acids is 2. The summed E-state index contributed by atoms with van der Waals surface area (Å²) in [6, 6.07) is 0.620. The number of nitrogens with one attached hydrogen (secondary N) is 1. The highest BCUT2D eigenvalue weighted by molar-refractivity contribution is 8.01. The first-order valence-electron chi connectivity index (χ1n) is 8.58. The van der Waals surface area contributed by atoms with Crippen LogP contribution < -0.4 is 5.32 Å². The van der Waals surface area contributed by atoms with E-state index in [-0.39, 0.29) is 11.8 Å². The Morgan fingerprint density at radius 2 is 2.00 bits per heavy atom. The first-order chi connectivity index (χ1) is 11.5. The van der Waals surface area contributed by atoms with E-state index in [1.54, 1.807) is 0 Å². The minimum Gasteiger partial charge on any atom is -0.337 e. The number of hydrogen-bond acceptors (Lipinski definition) is 6. The van der Waals surface area contributed by atoms with Crippen LogP contribution in [-0.2, 0) is 9.59 Å². The van der Waals surface area contributed by atoms with Crippen molar-refractivity contribution in [2.24, 2.45) is 0 Å². The predicted molar refractivity (Wildman–Crippen MR) is 98.4 cm³/mol. The molecule has 8 heteroatoms. The Labute approximate surface area is 151 Å². The molecule has 0 unspecified atom stereocenters. The van der Waals surface area contributed by atoms with Crippen molar-refractivity contribution in [3.8, 4) is 0 Å². The van der Waals surface area contributed by atoms with Crippen LogP contribution in [0, 0.1) is 0 Å². The van der Waals surface area contributed by atoms with E-state index in [1.165, 1.54) is 29.5 Å². The first kappa shape index (κ1) is 19.2. The minimum absolute atomic E-state index is 0.0309. The maximum Gasteiger partial charge on any atom is 0.233 e. The molecule has 1 fully saturated rings. The molecule has 1 aliphatic rings. The molecule has 6 nitrogen and oxygen atoms in total. The second kappa shape index (κ2) is 9.36. The van der Waals surface area contributed by atoms with Crippen molar-refractivity contribution in [3.05, 3.63) is 0 Å². The summed E-state index contributed by atoms with van der Waals surface area (Å²) in [5, 5.41) is 11.3. The quantitative estimate of drug-likeness (QED) is 0.587. The van der Waals surface area contributed by atoms with E-state index in [0.29, 0.717) is 33.7 Å². The lowest BCUT2D eigenvalue weighted by Crippen LogP contribution is -2.48. The van der Waals surface area contributed by atoms with Crippen molar-refractivity contribution in [1.29, 1.82) is 0 Å². The molecule has 24 heavy (non-hydrogen) atoms. The SMILES string of the molecule is CCCCC(=O)Nc1nnc(SCC(=O)N2[C@H](C)CCC[C@H]2C)s1. The molecule has 0 aromatic carbocycles. The summed E-state index contributed by atoms with van der Waals surface area (Å²) >= 11 is 2.72. The number of hydrogen-bond donors (Lipinski definition) is 1. The normalized spacial score (nSPS) is 20.9. The molecule has 0 radical (unpaired) electrons. The fourth-order valence-corrected chi connectivity index (χ4v) is 4.59. The summed E-state index contributed by atoms with van der Waals surface area (Å²) in [4.78, 5) is 26.2. The number of anilines is 1. The number of rotatable bonds is 7. The molecule has 1 N–H and O–H groups in total. The number of amides is 2. The Hall–Kier alpha value is -1.15. The molecule has 1 aromatic heterocycles. The van der Waals surface area contributed by atoms with Crippen LogP contribution in [-0.4, -0.2) is 44.7 Å². The van der Waals surface area contributed by atoms with E-state index in [9.17, 15) is 9.59 Å². The van der Waals surface area contributed by atoms with Crippen LogP contribution in [0.1, 0.15) is 59.3 Å². The highest BCUT2D eigenvalue weighted by Gasteiger charge is 2.28. The average Bonchev–Trinajstić information content (AvgIpc) is 2.98. The molecular weight excluding hydrogens is 344 g/mol. The maximum atomic E-state index is 12.5. The van der Waals surface area contributed by atoms with Crippen molar-refractivity contribution >= 4 is 40.0 Å². The van der Waals surface area contributed by atoms with E-state index in [4.69, 9.17) is 0 Å². The van der Waals surface area contributed by atoms with E-state index >= 15 is 0 Å². The van der Waals surface area contributed by atoms with Gasteiger partial charge in [0.1, 0.15) is 0 Å². The highest BCUT2D eigenvalue weighted by Crippen LogP contribution is 2.28. The van der Waals surface area contributed by atoms with Crippen LogP contribution in [0.2, 0.25) is 0 Å². The van der Waals surface area contributed by atoms with Gasteiger partial charge < -0.3 is 10.2 Å². The van der Waals surface area contributed by atoms with E-state index in [1.807, 2.05) is 11.8 Å². The standard InChI is InChI=1S/C16H26N4O2S2/c1-4-5-9-13(21)17-15-18-19-16(24-15)23-10-14(22)20-11(2)7-6-8-12(20)3/h11-12H,4-10H2,1-3H3,(H,17,18,21)/t11-,12-/m1/s1. The number of carbonyl (C=O) groups is 2. The Balaban J connectivity index is 1.82. The lowest BCUT2D eigenvalue weighted by Gasteiger charge is -2.39. The van der Waals surface area contributed by atoms with Gasteiger partial charge in [-0.25, -0.2) is 0 Å². The summed E-state index contributed by atoms with van der Waals surface area (Å²) < 4.78 is 0.714. The molecule has 0 spiro atoms. The van der Waals surface area contributed by atoms with Gasteiger partial charge in [-0.15, -0.1) is 10.2 Å². The third-order valence-electron chi connectivity index (χ3n) is 4.21. The fraction of sp³-hybridized carbons (Fsp3) is 0.750. The molecule has 2 heterocycles. The van der Waals surface area contributed by atoms with Crippen molar-refractivity contribution in [3.63, 3.8) is 0 Å². The third-order valence-corrected chi connectivity index (χ3v) is 6.17. The molecule has 2 amide bonds. The van der Waals surface area contributed by atoms with Gasteiger partial charge in [0.2, 0.25) is 16.9 Å². The number of unbranched alkanes of at least 4 members (excludes halogenated alkanes) is 1. The van der Waals surface area contributed by atoms with Gasteiger partial charge in [0.15, 0.2) is 4.34 Å². The molecule has 2 atom stereocenters. The van der Waals surface area contributed by atoms with Gasteiger partial charge in [0.05, 0.1) is 5.75 Å². The first-order valence-corrected chi connectivity index (χ1v) is 10.4. The zero-order chi connectivity index (χ0) is 17.5. The molecule has 0 aliphatic carbocycles. The third kappa shape index (κ3) is 5.44. The lowest BCUT2D eigenvalue weighted by molar-refractivity contribution is -0.134. The molecule has 1 saturated heterocycles. The zero-order valence-corrected chi connectivity index (χ0v) is 16.2. The van der Waals surface area contributed by atoms with Gasteiger partial charge >= 0.3 is 0 Å². The summed E-state index contributed by atoms with van der Waals surface area (Å²) in [5.74, 6) is 0.493. The van der Waals surface area contributed by atoms with Gasteiger partial charge in [-0.2, -0.15) is 0 Å². The lowest BCUT2D eigenvalue weighted by atomic mass is 9.98. The van der Waals surface area contributed by atoms with E-state index in [2.05, 4.69) is 29.4 Å². The summed E-state index contributed by atoms with van der Waals surface area (Å²) in [5.41, 5.74) is 0. The number of likely N-dealkylation sites (tertiary alicyclic amines) is 1. The fourth-order valence-electron chi connectivity index (χ4n) is 2.95. The Morgan fingerprint density at radius 3 is 2.67 bits per heavy atom. The summed E-state index contributed by atoms with van der Waals surface area (Å²) in [7, 11) is 0. The van der Waals surface area contributed by atoms with Crippen molar-refractivity contribution < 1.29 is 9.59 Å². The highest BCUT2D eigenvalue weighted by atomic mass is 32.2. The van der Waals surface area contributed by atoms with Gasteiger partial charge in [-0.3, -0.25) is 9.59 Å². The largest absolute Gasteiger partial charge is 0.337 e. The molecule has 2 rings (SSSR count). The summed E-state index contributed by atoms with van der Waals surface area (Å²) in [6.07, 6.45) is 5.70. The summed E-state index contributed by atoms with van der Waals surface area (Å²) in [6.45, 7) is 6.29. The minimum atomic E-state index is -0.0309. The van der Waals surface area contributed by atoms with Gasteiger partial charge in [0, 0.05) is 18.5 Å². The topological polar surface area (TPSA) is 75.2 Å². The molecule has 134 valence electrons. The molecule has 1 aromatic rings. The Kier molecular flexibility index (Phi) is 7.48. The van der Waals surface area contributed by atoms with E-state index < -0.39 is 0 Å². The van der Waals surface area contributed by atoms with Crippen LogP contribution in [0.4, 0.5) is 5.13 Å².